The summed E-state index contributed by atoms with van der Waals surface area (Å²) in [7, 11) is 0. The molecule has 172 valence electrons. The van der Waals surface area contributed by atoms with Crippen LogP contribution in [0.25, 0.3) is 0 Å². The van der Waals surface area contributed by atoms with Gasteiger partial charge in [-0.2, -0.15) is 5.10 Å². The number of nitro benzene ring substituents is 2. The summed E-state index contributed by atoms with van der Waals surface area (Å²) in [4.78, 5) is 44.4. The lowest BCUT2D eigenvalue weighted by Crippen LogP contribution is -2.24. The predicted molar refractivity (Wildman–Crippen MR) is 119 cm³/mol. The number of nitrogens with one attached hydrogen (secondary N) is 1. The number of non-ortho nitro benzene ring substituents is 1. The number of nitro groups is 2. The second-order valence-corrected chi connectivity index (χ2v) is 6.57. The van der Waals surface area contributed by atoms with E-state index >= 15 is 0 Å². The van der Waals surface area contributed by atoms with Crippen LogP contribution >= 0.6 is 0 Å². The van der Waals surface area contributed by atoms with Gasteiger partial charge in [0.1, 0.15) is 5.75 Å². The van der Waals surface area contributed by atoms with E-state index in [1.54, 1.807) is 18.2 Å². The number of hydrogen-bond acceptors (Lipinski definition) is 9. The summed E-state index contributed by atoms with van der Waals surface area (Å²) in [5, 5.41) is 25.4. The minimum absolute atomic E-state index is 0.0366. The van der Waals surface area contributed by atoms with Crippen LogP contribution in [0, 0.1) is 20.2 Å². The number of nitrogens with zero attached hydrogens (tertiary/aromatic N) is 3. The van der Waals surface area contributed by atoms with Crippen molar-refractivity contribution in [3.63, 3.8) is 0 Å². The Labute approximate surface area is 191 Å². The Morgan fingerprint density at radius 3 is 2.24 bits per heavy atom. The van der Waals surface area contributed by atoms with Crippen molar-refractivity contribution in [2.75, 3.05) is 6.61 Å². The van der Waals surface area contributed by atoms with Crippen molar-refractivity contribution in [1.82, 2.24) is 5.43 Å². The Balaban J connectivity index is 1.49. The third-order valence-electron chi connectivity index (χ3n) is 4.23. The number of para-hydroxylation sites is 2. The first-order valence-electron chi connectivity index (χ1n) is 9.58. The van der Waals surface area contributed by atoms with Crippen molar-refractivity contribution in [3.8, 4) is 11.5 Å². The largest absolute Gasteiger partial charge is 0.477 e. The van der Waals surface area contributed by atoms with E-state index in [1.165, 1.54) is 60.8 Å². The number of amides is 1. The smallest absolute Gasteiger partial charge is 0.343 e. The molecule has 0 heterocycles. The van der Waals surface area contributed by atoms with Gasteiger partial charge in [-0.1, -0.05) is 12.1 Å². The Bertz CT molecular complexity index is 1240. The van der Waals surface area contributed by atoms with E-state index in [1.807, 2.05) is 0 Å². The molecule has 0 atom stereocenters. The van der Waals surface area contributed by atoms with Crippen molar-refractivity contribution in [2.24, 2.45) is 5.10 Å². The van der Waals surface area contributed by atoms with E-state index in [4.69, 9.17) is 9.47 Å². The van der Waals surface area contributed by atoms with Crippen molar-refractivity contribution in [1.29, 1.82) is 0 Å². The third kappa shape index (κ3) is 6.43. The molecule has 0 aliphatic carbocycles. The Kier molecular flexibility index (Phi) is 7.58. The summed E-state index contributed by atoms with van der Waals surface area (Å²) >= 11 is 0. The average molecular weight is 464 g/mol. The van der Waals surface area contributed by atoms with Gasteiger partial charge in [-0.3, -0.25) is 25.0 Å². The number of carbonyl (C=O) groups excluding carboxylic acids is 2. The van der Waals surface area contributed by atoms with Crippen LogP contribution in [0.4, 0.5) is 11.4 Å². The van der Waals surface area contributed by atoms with Gasteiger partial charge in [0.05, 0.1) is 21.6 Å². The highest BCUT2D eigenvalue weighted by Crippen LogP contribution is 2.25. The number of hydrogen-bond donors (Lipinski definition) is 1. The molecule has 12 nitrogen and oxygen atoms in total. The summed E-state index contributed by atoms with van der Waals surface area (Å²) in [5.41, 5.74) is 2.57. The van der Waals surface area contributed by atoms with Gasteiger partial charge in [-0.15, -0.1) is 0 Å². The summed E-state index contributed by atoms with van der Waals surface area (Å²) in [5.74, 6) is -1.10. The molecular weight excluding hydrogens is 448 g/mol. The lowest BCUT2D eigenvalue weighted by molar-refractivity contribution is -0.385. The van der Waals surface area contributed by atoms with Gasteiger partial charge in [0.2, 0.25) is 0 Å². The maximum atomic E-state index is 12.1. The molecule has 34 heavy (non-hydrogen) atoms. The molecule has 0 fully saturated rings. The van der Waals surface area contributed by atoms with E-state index in [0.717, 1.165) is 0 Å². The summed E-state index contributed by atoms with van der Waals surface area (Å²) in [6.07, 6.45) is 1.34. The van der Waals surface area contributed by atoms with Gasteiger partial charge in [-0.05, 0) is 48.0 Å². The van der Waals surface area contributed by atoms with Gasteiger partial charge in [0.15, 0.2) is 12.4 Å². The van der Waals surface area contributed by atoms with Gasteiger partial charge >= 0.3 is 11.7 Å². The van der Waals surface area contributed by atoms with E-state index in [0.29, 0.717) is 5.56 Å². The Hall–Kier alpha value is -5.13. The molecule has 0 bridgehead atoms. The van der Waals surface area contributed by atoms with Crippen LogP contribution in [0.15, 0.2) is 77.9 Å². The van der Waals surface area contributed by atoms with Crippen LogP contribution in [0.5, 0.6) is 11.5 Å². The maximum absolute atomic E-state index is 12.1. The van der Waals surface area contributed by atoms with Crippen LogP contribution in [-0.2, 0) is 4.79 Å². The number of benzene rings is 3. The normalized spacial score (nSPS) is 10.5. The van der Waals surface area contributed by atoms with Crippen molar-refractivity contribution in [3.05, 3.63) is 104 Å². The average Bonchev–Trinajstić information content (AvgIpc) is 2.84. The molecule has 0 saturated carbocycles. The fourth-order valence-electron chi connectivity index (χ4n) is 2.59. The van der Waals surface area contributed by atoms with Crippen LogP contribution in [0.2, 0.25) is 0 Å². The highest BCUT2D eigenvalue weighted by atomic mass is 16.6. The zero-order chi connectivity index (χ0) is 24.5. The first-order chi connectivity index (χ1) is 16.3. The molecule has 12 heteroatoms. The predicted octanol–water partition coefficient (Wildman–Crippen LogP) is 3.25. The SMILES string of the molecule is O=C(COc1ccccc1[N+](=O)[O-])N/N=C/c1ccc(OC(=O)c2ccc([N+](=O)[O-])cc2)cc1. The van der Waals surface area contributed by atoms with Crippen LogP contribution in [0.1, 0.15) is 15.9 Å². The van der Waals surface area contributed by atoms with Gasteiger partial charge in [0.25, 0.3) is 11.6 Å². The molecule has 1 amide bonds. The molecule has 0 unspecified atom stereocenters. The second kappa shape index (κ2) is 10.9. The Morgan fingerprint density at radius 1 is 0.912 bits per heavy atom. The lowest BCUT2D eigenvalue weighted by Gasteiger charge is -2.05. The molecule has 0 radical (unpaired) electrons. The van der Waals surface area contributed by atoms with Crippen molar-refractivity contribution in [2.45, 2.75) is 0 Å². The van der Waals surface area contributed by atoms with Gasteiger partial charge in [0, 0.05) is 18.2 Å². The number of esters is 1. The molecule has 0 spiro atoms. The highest BCUT2D eigenvalue weighted by Gasteiger charge is 2.15. The van der Waals surface area contributed by atoms with E-state index in [2.05, 4.69) is 10.5 Å². The molecule has 0 aromatic heterocycles. The van der Waals surface area contributed by atoms with Gasteiger partial charge < -0.3 is 9.47 Å². The summed E-state index contributed by atoms with van der Waals surface area (Å²) < 4.78 is 10.4. The molecule has 0 aliphatic rings. The molecule has 3 aromatic carbocycles. The molecule has 0 saturated heterocycles. The number of hydrazone groups is 1. The first-order valence-corrected chi connectivity index (χ1v) is 9.58. The minimum atomic E-state index is -0.678. The number of rotatable bonds is 9. The quantitative estimate of drug-likeness (QED) is 0.166. The molecule has 1 N–H and O–H groups in total. The molecular formula is C22H16N4O8. The number of carbonyl (C=O) groups is 2. The fourth-order valence-corrected chi connectivity index (χ4v) is 2.59. The maximum Gasteiger partial charge on any atom is 0.343 e. The summed E-state index contributed by atoms with van der Waals surface area (Å²) in [6, 6.07) is 16.8. The van der Waals surface area contributed by atoms with E-state index < -0.39 is 28.3 Å². The topological polar surface area (TPSA) is 163 Å². The summed E-state index contributed by atoms with van der Waals surface area (Å²) in [6.45, 7) is -0.472. The first kappa shape index (κ1) is 23.5. The fraction of sp³-hybridized carbons (Fsp3) is 0.0455. The monoisotopic (exact) mass is 464 g/mol. The highest BCUT2D eigenvalue weighted by molar-refractivity contribution is 5.91. The van der Waals surface area contributed by atoms with Crippen LogP contribution in [-0.4, -0.2) is 34.5 Å². The second-order valence-electron chi connectivity index (χ2n) is 6.57. The zero-order valence-corrected chi connectivity index (χ0v) is 17.3. The molecule has 0 aliphatic heterocycles. The van der Waals surface area contributed by atoms with Crippen LogP contribution in [0.3, 0.4) is 0 Å². The van der Waals surface area contributed by atoms with E-state index in [-0.39, 0.29) is 28.4 Å². The Morgan fingerprint density at radius 2 is 1.59 bits per heavy atom. The van der Waals surface area contributed by atoms with Crippen LogP contribution < -0.4 is 14.9 Å². The number of ether oxygens (including phenoxy) is 2. The minimum Gasteiger partial charge on any atom is -0.477 e. The van der Waals surface area contributed by atoms with E-state index in [9.17, 15) is 29.8 Å². The molecule has 3 aromatic rings. The van der Waals surface area contributed by atoms with Gasteiger partial charge in [-0.25, -0.2) is 10.2 Å². The standard InChI is InChI=1S/C22H16N4O8/c27-21(14-33-20-4-2-1-3-19(20)26(31)32)24-23-13-15-5-11-18(12-6-15)34-22(28)16-7-9-17(10-8-16)25(29)30/h1-13H,14H2,(H,24,27)/b23-13+. The van der Waals surface area contributed by atoms with Crippen molar-refractivity contribution < 1.29 is 28.9 Å². The lowest BCUT2D eigenvalue weighted by atomic mass is 10.2. The third-order valence-corrected chi connectivity index (χ3v) is 4.23. The molecule has 3 rings (SSSR count). The zero-order valence-electron chi connectivity index (χ0n) is 17.3. The van der Waals surface area contributed by atoms with Crippen molar-refractivity contribution >= 4 is 29.5 Å².